The quantitative estimate of drug-likeness (QED) is 0.344. The van der Waals surface area contributed by atoms with Gasteiger partial charge in [0.2, 0.25) is 0 Å². The first kappa shape index (κ1) is 19.5. The van der Waals surface area contributed by atoms with Crippen molar-refractivity contribution in [3.05, 3.63) is 74.6 Å². The molecule has 3 aromatic rings. The van der Waals surface area contributed by atoms with E-state index in [2.05, 4.69) is 20.4 Å². The Kier molecular flexibility index (Phi) is 5.64. The minimum absolute atomic E-state index is 0.122. The number of ether oxygens (including phenoxy) is 1. The number of hydrogen-bond donors (Lipinski definition) is 0. The first-order valence-electron chi connectivity index (χ1n) is 8.66. The minimum Gasteiger partial charge on any atom is -0.496 e. The van der Waals surface area contributed by atoms with Gasteiger partial charge in [-0.25, -0.2) is 4.79 Å². The number of benzene rings is 2. The van der Waals surface area contributed by atoms with Crippen molar-refractivity contribution in [2.75, 3.05) is 7.11 Å². The van der Waals surface area contributed by atoms with Crippen LogP contribution in [0.15, 0.2) is 52.2 Å². The molecule has 0 radical (unpaired) electrons. The van der Waals surface area contributed by atoms with Gasteiger partial charge in [-0.3, -0.25) is 0 Å². The van der Waals surface area contributed by atoms with Gasteiger partial charge in [0.05, 0.1) is 7.11 Å². The summed E-state index contributed by atoms with van der Waals surface area (Å²) in [6, 6.07) is 11.0. The highest BCUT2D eigenvalue weighted by atomic mass is 35.5. The molecule has 1 atom stereocenters. The highest BCUT2D eigenvalue weighted by Crippen LogP contribution is 2.37. The van der Waals surface area contributed by atoms with Gasteiger partial charge in [-0.1, -0.05) is 61.8 Å². The first-order chi connectivity index (χ1) is 12.9. The van der Waals surface area contributed by atoms with Crippen molar-refractivity contribution >= 4 is 39.9 Å². The fraction of sp³-hybridized carbons (Fsp3) is 0.227. The molecular weight excluding hydrogens is 383 g/mol. The molecule has 0 aliphatic rings. The van der Waals surface area contributed by atoms with Crippen molar-refractivity contribution in [1.29, 1.82) is 0 Å². The average Bonchev–Trinajstić information content (AvgIpc) is 2.64. The Hall–Kier alpha value is -2.23. The van der Waals surface area contributed by atoms with Gasteiger partial charge in [0.25, 0.3) is 0 Å². The maximum atomic E-state index is 12.8. The minimum atomic E-state index is -0.467. The molecule has 27 heavy (non-hydrogen) atoms. The molecule has 0 fully saturated rings. The maximum absolute atomic E-state index is 12.8. The highest BCUT2D eigenvalue weighted by Gasteiger charge is 2.23. The summed E-state index contributed by atoms with van der Waals surface area (Å²) in [6.07, 6.45) is 0.857. The van der Waals surface area contributed by atoms with Crippen molar-refractivity contribution in [2.45, 2.75) is 26.2 Å². The smallest absolute Gasteiger partial charge is 0.347 e. The standard InChI is InChI=1S/C22H20Cl2O3/c1-5-12(2)19-18-8-6-7-17(14-9-15(23)11-16(24)10-14)21(18)27-22(25)20(19)13(3)26-4/h6-12H,3,5H2,1-2,4H3. The zero-order chi connectivity index (χ0) is 19.7. The highest BCUT2D eigenvalue weighted by molar-refractivity contribution is 6.35. The van der Waals surface area contributed by atoms with Crippen molar-refractivity contribution in [3.63, 3.8) is 0 Å². The van der Waals surface area contributed by atoms with Crippen LogP contribution >= 0.6 is 23.2 Å². The van der Waals surface area contributed by atoms with Gasteiger partial charge in [-0.05, 0) is 41.7 Å². The molecule has 0 N–H and O–H groups in total. The fourth-order valence-electron chi connectivity index (χ4n) is 3.27. The lowest BCUT2D eigenvalue weighted by molar-refractivity contribution is 0.367. The second-order valence-electron chi connectivity index (χ2n) is 6.46. The number of hydrogen-bond acceptors (Lipinski definition) is 3. The molecule has 2 aromatic carbocycles. The Morgan fingerprint density at radius 2 is 1.89 bits per heavy atom. The predicted molar refractivity (Wildman–Crippen MR) is 113 cm³/mol. The van der Waals surface area contributed by atoms with E-state index < -0.39 is 5.63 Å². The van der Waals surface area contributed by atoms with Gasteiger partial charge in [0.15, 0.2) is 0 Å². The van der Waals surface area contributed by atoms with Crippen molar-refractivity contribution in [1.82, 2.24) is 0 Å². The molecule has 0 bridgehead atoms. The van der Waals surface area contributed by atoms with Gasteiger partial charge >= 0.3 is 5.63 Å². The van der Waals surface area contributed by atoms with Crippen LogP contribution < -0.4 is 5.63 Å². The SMILES string of the molecule is C=C(OC)c1c(C(C)CC)c2cccc(-c3cc(Cl)cc(Cl)c3)c2oc1=O. The third-order valence-electron chi connectivity index (χ3n) is 4.78. The lowest BCUT2D eigenvalue weighted by Crippen LogP contribution is -2.14. The molecular formula is C22H20Cl2O3. The van der Waals surface area contributed by atoms with Gasteiger partial charge < -0.3 is 9.15 Å². The lowest BCUT2D eigenvalue weighted by atomic mass is 9.89. The van der Waals surface area contributed by atoms with Crippen LogP contribution in [-0.4, -0.2) is 7.11 Å². The van der Waals surface area contributed by atoms with Gasteiger partial charge in [-0.15, -0.1) is 0 Å². The summed E-state index contributed by atoms with van der Waals surface area (Å²) in [5.74, 6) is 0.425. The first-order valence-corrected chi connectivity index (χ1v) is 9.42. The van der Waals surface area contributed by atoms with Crippen LogP contribution in [-0.2, 0) is 4.74 Å². The Labute approximate surface area is 168 Å². The second kappa shape index (κ2) is 7.79. The second-order valence-corrected chi connectivity index (χ2v) is 7.33. The van der Waals surface area contributed by atoms with Gasteiger partial charge in [-0.2, -0.15) is 0 Å². The molecule has 0 aliphatic carbocycles. The fourth-order valence-corrected chi connectivity index (χ4v) is 3.79. The molecule has 1 aromatic heterocycles. The predicted octanol–water partition coefficient (Wildman–Crippen LogP) is 6.90. The monoisotopic (exact) mass is 402 g/mol. The Morgan fingerprint density at radius 3 is 2.48 bits per heavy atom. The number of para-hydroxylation sites is 1. The van der Waals surface area contributed by atoms with E-state index in [1.165, 1.54) is 7.11 Å². The normalized spacial score (nSPS) is 12.2. The average molecular weight is 403 g/mol. The van der Waals surface area contributed by atoms with Crippen LogP contribution in [0.1, 0.15) is 37.3 Å². The Balaban J connectivity index is 2.43. The molecule has 1 unspecified atom stereocenters. The maximum Gasteiger partial charge on any atom is 0.347 e. The van der Waals surface area contributed by atoms with Crippen molar-refractivity contribution < 1.29 is 9.15 Å². The molecule has 0 saturated heterocycles. The van der Waals surface area contributed by atoms with Crippen LogP contribution in [0.25, 0.3) is 27.9 Å². The van der Waals surface area contributed by atoms with Crippen LogP contribution in [0.5, 0.6) is 0 Å². The van der Waals surface area contributed by atoms with E-state index in [1.54, 1.807) is 18.2 Å². The largest absolute Gasteiger partial charge is 0.496 e. The van der Waals surface area contributed by atoms with Crippen LogP contribution in [0, 0.1) is 0 Å². The topological polar surface area (TPSA) is 39.4 Å². The molecule has 5 heteroatoms. The third-order valence-corrected chi connectivity index (χ3v) is 5.21. The van der Waals surface area contributed by atoms with E-state index in [-0.39, 0.29) is 5.92 Å². The van der Waals surface area contributed by atoms with E-state index in [4.69, 9.17) is 32.4 Å². The van der Waals surface area contributed by atoms with E-state index in [1.807, 2.05) is 18.2 Å². The lowest BCUT2D eigenvalue weighted by Gasteiger charge is -2.18. The van der Waals surface area contributed by atoms with Gasteiger partial charge in [0, 0.05) is 21.0 Å². The summed E-state index contributed by atoms with van der Waals surface area (Å²) < 4.78 is 11.0. The molecule has 140 valence electrons. The molecule has 0 spiro atoms. The summed E-state index contributed by atoms with van der Waals surface area (Å²) in [4.78, 5) is 12.8. The molecule has 3 nitrogen and oxygen atoms in total. The van der Waals surface area contributed by atoms with E-state index in [0.717, 1.165) is 28.5 Å². The Morgan fingerprint density at radius 1 is 1.22 bits per heavy atom. The number of halogens is 2. The number of fused-ring (bicyclic) bond motifs is 1. The van der Waals surface area contributed by atoms with E-state index in [0.29, 0.717) is 27.0 Å². The summed E-state index contributed by atoms with van der Waals surface area (Å²) >= 11 is 12.3. The van der Waals surface area contributed by atoms with Crippen molar-refractivity contribution in [3.8, 4) is 11.1 Å². The Bertz CT molecular complexity index is 1060. The summed E-state index contributed by atoms with van der Waals surface area (Å²) in [7, 11) is 1.50. The zero-order valence-electron chi connectivity index (χ0n) is 15.4. The van der Waals surface area contributed by atoms with Crippen molar-refractivity contribution in [2.24, 2.45) is 0 Å². The van der Waals surface area contributed by atoms with Crippen LogP contribution in [0.2, 0.25) is 10.0 Å². The van der Waals surface area contributed by atoms with E-state index >= 15 is 0 Å². The zero-order valence-corrected chi connectivity index (χ0v) is 16.9. The van der Waals surface area contributed by atoms with Crippen LogP contribution in [0.3, 0.4) is 0 Å². The molecule has 0 aliphatic heterocycles. The number of methoxy groups -OCH3 is 1. The number of rotatable bonds is 5. The molecule has 3 rings (SSSR count). The molecule has 0 saturated carbocycles. The summed E-state index contributed by atoms with van der Waals surface area (Å²) in [6.45, 7) is 8.02. The molecule has 1 heterocycles. The van der Waals surface area contributed by atoms with E-state index in [9.17, 15) is 4.79 Å². The summed E-state index contributed by atoms with van der Waals surface area (Å²) in [5.41, 5.74) is 2.85. The van der Waals surface area contributed by atoms with Crippen LogP contribution in [0.4, 0.5) is 0 Å². The summed E-state index contributed by atoms with van der Waals surface area (Å²) in [5, 5.41) is 1.89. The molecule has 0 amide bonds. The van der Waals surface area contributed by atoms with Gasteiger partial charge in [0.1, 0.15) is 16.9 Å². The third kappa shape index (κ3) is 3.62.